The number of nitrogens with zero attached hydrogens (tertiary/aromatic N) is 2. The average molecular weight is 277 g/mol. The third kappa shape index (κ3) is 3.84. The van der Waals surface area contributed by atoms with Crippen molar-refractivity contribution in [3.05, 3.63) is 24.2 Å². The minimum Gasteiger partial charge on any atom is -0.461 e. The van der Waals surface area contributed by atoms with Gasteiger partial charge in [-0.1, -0.05) is 6.92 Å². The van der Waals surface area contributed by atoms with Crippen molar-refractivity contribution >= 4 is 6.03 Å². The Morgan fingerprint density at radius 3 is 3.10 bits per heavy atom. The van der Waals surface area contributed by atoms with Crippen LogP contribution < -0.4 is 10.6 Å². The highest BCUT2D eigenvalue weighted by Gasteiger charge is 2.09. The Balaban J connectivity index is 1.76. The number of urea groups is 1. The van der Waals surface area contributed by atoms with Crippen LogP contribution >= 0.6 is 0 Å². The fraction of sp³-hybridized carbons (Fsp3) is 0.462. The van der Waals surface area contributed by atoms with Crippen LogP contribution in [0.3, 0.4) is 0 Å². The normalized spacial score (nSPS) is 12.1. The molecule has 7 nitrogen and oxygen atoms in total. The Labute approximate surface area is 117 Å². The number of hydrogen-bond acceptors (Lipinski definition) is 4. The monoisotopic (exact) mass is 277 g/mol. The lowest BCUT2D eigenvalue weighted by Crippen LogP contribution is -2.41. The SMILES string of the molecule is CC[C@H](C)NC(=O)NCCc1nc(-c2ccco2)n[nH]1. The van der Waals surface area contributed by atoms with Gasteiger partial charge >= 0.3 is 6.03 Å². The molecular weight excluding hydrogens is 258 g/mol. The molecule has 2 aromatic heterocycles. The number of aromatic amines is 1. The highest BCUT2D eigenvalue weighted by atomic mass is 16.3. The van der Waals surface area contributed by atoms with Crippen molar-refractivity contribution in [2.45, 2.75) is 32.7 Å². The maximum absolute atomic E-state index is 11.5. The Morgan fingerprint density at radius 2 is 2.40 bits per heavy atom. The molecule has 2 heterocycles. The molecule has 3 N–H and O–H groups in total. The van der Waals surface area contributed by atoms with E-state index in [-0.39, 0.29) is 12.1 Å². The van der Waals surface area contributed by atoms with Crippen LogP contribution in [0.2, 0.25) is 0 Å². The van der Waals surface area contributed by atoms with Crippen LogP contribution in [0.25, 0.3) is 11.6 Å². The average Bonchev–Trinajstić information content (AvgIpc) is 3.08. The van der Waals surface area contributed by atoms with Crippen molar-refractivity contribution in [1.29, 1.82) is 0 Å². The summed E-state index contributed by atoms with van der Waals surface area (Å²) < 4.78 is 5.21. The number of hydrogen-bond donors (Lipinski definition) is 3. The van der Waals surface area contributed by atoms with Gasteiger partial charge in [-0.25, -0.2) is 9.78 Å². The number of amides is 2. The van der Waals surface area contributed by atoms with Crippen LogP contribution in [0.1, 0.15) is 26.1 Å². The number of furan rings is 1. The molecule has 7 heteroatoms. The molecule has 0 bridgehead atoms. The van der Waals surface area contributed by atoms with Gasteiger partial charge in [0, 0.05) is 19.0 Å². The second kappa shape index (κ2) is 6.74. The highest BCUT2D eigenvalue weighted by molar-refractivity contribution is 5.74. The summed E-state index contributed by atoms with van der Waals surface area (Å²) >= 11 is 0. The largest absolute Gasteiger partial charge is 0.461 e. The predicted octanol–water partition coefficient (Wildman–Crippen LogP) is 1.70. The lowest BCUT2D eigenvalue weighted by molar-refractivity contribution is 0.237. The molecule has 0 unspecified atom stereocenters. The maximum Gasteiger partial charge on any atom is 0.315 e. The van der Waals surface area contributed by atoms with E-state index in [0.717, 1.165) is 6.42 Å². The molecule has 108 valence electrons. The van der Waals surface area contributed by atoms with Gasteiger partial charge in [0.05, 0.1) is 6.26 Å². The minimum atomic E-state index is -0.162. The minimum absolute atomic E-state index is 0.162. The second-order valence-electron chi connectivity index (χ2n) is 4.54. The summed E-state index contributed by atoms with van der Waals surface area (Å²) in [5, 5.41) is 12.5. The van der Waals surface area contributed by atoms with Gasteiger partial charge in [0.2, 0.25) is 5.82 Å². The van der Waals surface area contributed by atoms with E-state index in [1.807, 2.05) is 13.8 Å². The zero-order chi connectivity index (χ0) is 14.4. The topological polar surface area (TPSA) is 95.8 Å². The predicted molar refractivity (Wildman–Crippen MR) is 74.1 cm³/mol. The van der Waals surface area contributed by atoms with Gasteiger partial charge in [-0.05, 0) is 25.5 Å². The van der Waals surface area contributed by atoms with E-state index >= 15 is 0 Å². The molecule has 2 amide bonds. The number of rotatable bonds is 6. The molecule has 20 heavy (non-hydrogen) atoms. The van der Waals surface area contributed by atoms with Gasteiger partial charge in [0.15, 0.2) is 5.76 Å². The molecule has 0 aliphatic carbocycles. The molecular formula is C13H19N5O2. The van der Waals surface area contributed by atoms with E-state index in [9.17, 15) is 4.79 Å². The van der Waals surface area contributed by atoms with Crippen LogP contribution in [0.5, 0.6) is 0 Å². The van der Waals surface area contributed by atoms with Crippen LogP contribution in [-0.2, 0) is 6.42 Å². The van der Waals surface area contributed by atoms with Crippen LogP contribution in [0.15, 0.2) is 22.8 Å². The van der Waals surface area contributed by atoms with E-state index in [2.05, 4.69) is 25.8 Å². The zero-order valence-electron chi connectivity index (χ0n) is 11.6. The first kappa shape index (κ1) is 14.1. The van der Waals surface area contributed by atoms with Gasteiger partial charge < -0.3 is 15.1 Å². The smallest absolute Gasteiger partial charge is 0.315 e. The molecule has 0 spiro atoms. The lowest BCUT2D eigenvalue weighted by atomic mass is 10.3. The second-order valence-corrected chi connectivity index (χ2v) is 4.54. The summed E-state index contributed by atoms with van der Waals surface area (Å²) in [7, 11) is 0. The fourth-order valence-corrected chi connectivity index (χ4v) is 1.59. The number of nitrogens with one attached hydrogen (secondary N) is 3. The van der Waals surface area contributed by atoms with Gasteiger partial charge in [-0.2, -0.15) is 5.10 Å². The van der Waals surface area contributed by atoms with Crippen molar-refractivity contribution in [3.8, 4) is 11.6 Å². The standard InChI is InChI=1S/C13H19N5O2/c1-3-9(2)15-13(19)14-7-6-11-16-12(18-17-11)10-5-4-8-20-10/h4-5,8-9H,3,6-7H2,1-2H3,(H2,14,15,19)(H,16,17,18)/t9-/m0/s1. The van der Waals surface area contributed by atoms with Gasteiger partial charge in [-0.3, -0.25) is 5.10 Å². The number of carbonyl (C=O) groups is 1. The Morgan fingerprint density at radius 1 is 1.55 bits per heavy atom. The van der Waals surface area contributed by atoms with E-state index in [0.29, 0.717) is 30.4 Å². The molecule has 0 saturated carbocycles. The van der Waals surface area contributed by atoms with E-state index in [4.69, 9.17) is 4.42 Å². The summed E-state index contributed by atoms with van der Waals surface area (Å²) in [5.74, 6) is 1.85. The van der Waals surface area contributed by atoms with Crippen molar-refractivity contribution in [3.63, 3.8) is 0 Å². The molecule has 0 radical (unpaired) electrons. The number of aromatic nitrogens is 3. The van der Waals surface area contributed by atoms with E-state index in [1.165, 1.54) is 0 Å². The number of carbonyl (C=O) groups excluding carboxylic acids is 1. The molecule has 2 rings (SSSR count). The molecule has 1 atom stereocenters. The van der Waals surface area contributed by atoms with Crippen LogP contribution in [0, 0.1) is 0 Å². The molecule has 0 aliphatic heterocycles. The van der Waals surface area contributed by atoms with Crippen molar-refractivity contribution in [1.82, 2.24) is 25.8 Å². The summed E-state index contributed by atoms with van der Waals surface area (Å²) in [6.45, 7) is 4.48. The third-order valence-electron chi connectivity index (χ3n) is 2.91. The van der Waals surface area contributed by atoms with Gasteiger partial charge in [0.1, 0.15) is 5.82 Å². The fourth-order valence-electron chi connectivity index (χ4n) is 1.59. The molecule has 0 aromatic carbocycles. The van der Waals surface area contributed by atoms with Gasteiger partial charge in [0.25, 0.3) is 0 Å². The Bertz CT molecular complexity index is 535. The first-order chi connectivity index (χ1) is 9.69. The molecule has 2 aromatic rings. The van der Waals surface area contributed by atoms with Crippen molar-refractivity contribution < 1.29 is 9.21 Å². The summed E-state index contributed by atoms with van der Waals surface area (Å²) in [6, 6.07) is 3.59. The quantitative estimate of drug-likeness (QED) is 0.749. The van der Waals surface area contributed by atoms with Crippen LogP contribution in [-0.4, -0.2) is 33.8 Å². The van der Waals surface area contributed by atoms with Gasteiger partial charge in [-0.15, -0.1) is 0 Å². The first-order valence-electron chi connectivity index (χ1n) is 6.68. The summed E-state index contributed by atoms with van der Waals surface area (Å²) in [6.07, 6.45) is 3.07. The van der Waals surface area contributed by atoms with Crippen LogP contribution in [0.4, 0.5) is 4.79 Å². The van der Waals surface area contributed by atoms with Crippen molar-refractivity contribution in [2.24, 2.45) is 0 Å². The molecule has 0 fully saturated rings. The Hall–Kier alpha value is -2.31. The third-order valence-corrected chi connectivity index (χ3v) is 2.91. The molecule has 0 saturated heterocycles. The van der Waals surface area contributed by atoms with Crippen molar-refractivity contribution in [2.75, 3.05) is 6.54 Å². The maximum atomic E-state index is 11.5. The summed E-state index contributed by atoms with van der Waals surface area (Å²) in [4.78, 5) is 15.8. The first-order valence-corrected chi connectivity index (χ1v) is 6.68. The summed E-state index contributed by atoms with van der Waals surface area (Å²) in [5.41, 5.74) is 0. The highest BCUT2D eigenvalue weighted by Crippen LogP contribution is 2.14. The Kier molecular flexibility index (Phi) is 4.75. The number of H-pyrrole nitrogens is 1. The van der Waals surface area contributed by atoms with E-state index in [1.54, 1.807) is 18.4 Å². The molecule has 0 aliphatic rings. The van der Waals surface area contributed by atoms with E-state index < -0.39 is 0 Å². The zero-order valence-corrected chi connectivity index (χ0v) is 11.6. The lowest BCUT2D eigenvalue weighted by Gasteiger charge is -2.11.